The van der Waals surface area contributed by atoms with E-state index in [0.29, 0.717) is 0 Å². The molecule has 0 saturated heterocycles. The zero-order chi connectivity index (χ0) is 14.8. The third kappa shape index (κ3) is 2.23. The lowest BCUT2D eigenvalue weighted by Crippen LogP contribution is -2.10. The number of aromatic nitrogens is 2. The number of hydrogen-bond donors (Lipinski definition) is 0. The Morgan fingerprint density at radius 1 is 0.682 bits per heavy atom. The summed E-state index contributed by atoms with van der Waals surface area (Å²) in [5.41, 5.74) is 4.19. The van der Waals surface area contributed by atoms with Gasteiger partial charge in [0.1, 0.15) is 5.52 Å². The van der Waals surface area contributed by atoms with E-state index in [4.69, 9.17) is 0 Å². The Morgan fingerprint density at radius 3 is 1.95 bits per heavy atom. The predicted molar refractivity (Wildman–Crippen MR) is 92.1 cm³/mol. The number of anilines is 3. The monoisotopic (exact) mass is 303 g/mol. The number of rotatable bonds is 3. The minimum atomic E-state index is 0.931. The molecule has 0 bridgehead atoms. The summed E-state index contributed by atoms with van der Waals surface area (Å²) in [6.07, 6.45) is 0. The normalized spacial score (nSPS) is 10.7. The van der Waals surface area contributed by atoms with Crippen molar-refractivity contribution in [1.82, 2.24) is 9.59 Å². The molecule has 106 valence electrons. The molecule has 0 aliphatic carbocycles. The fourth-order valence-corrected chi connectivity index (χ4v) is 3.13. The number of fused-ring (bicyclic) bond motifs is 1. The predicted octanol–water partition coefficient (Wildman–Crippen LogP) is 5.16. The van der Waals surface area contributed by atoms with Crippen LogP contribution in [0.2, 0.25) is 0 Å². The van der Waals surface area contributed by atoms with Crippen LogP contribution >= 0.6 is 11.5 Å². The molecule has 4 aromatic rings. The van der Waals surface area contributed by atoms with E-state index in [-0.39, 0.29) is 0 Å². The Morgan fingerprint density at radius 2 is 1.32 bits per heavy atom. The number of benzene rings is 3. The van der Waals surface area contributed by atoms with E-state index in [2.05, 4.69) is 57.0 Å². The van der Waals surface area contributed by atoms with Gasteiger partial charge in [0.2, 0.25) is 0 Å². The molecule has 0 N–H and O–H groups in total. The quantitative estimate of drug-likeness (QED) is 0.523. The van der Waals surface area contributed by atoms with Gasteiger partial charge in [0.05, 0.1) is 10.4 Å². The first-order valence-corrected chi connectivity index (χ1v) is 7.82. The maximum absolute atomic E-state index is 4.32. The Bertz CT molecular complexity index is 848. The first-order chi connectivity index (χ1) is 10.9. The van der Waals surface area contributed by atoms with Gasteiger partial charge in [0.15, 0.2) is 0 Å². The van der Waals surface area contributed by atoms with Crippen molar-refractivity contribution in [3.05, 3.63) is 78.9 Å². The van der Waals surface area contributed by atoms with Crippen molar-refractivity contribution in [3.63, 3.8) is 0 Å². The molecule has 4 heteroatoms. The highest BCUT2D eigenvalue weighted by molar-refractivity contribution is 7.13. The number of hydrogen-bond acceptors (Lipinski definition) is 4. The van der Waals surface area contributed by atoms with E-state index in [9.17, 15) is 0 Å². The second-order valence-electron chi connectivity index (χ2n) is 4.90. The van der Waals surface area contributed by atoms with Crippen molar-refractivity contribution < 1.29 is 0 Å². The Balaban J connectivity index is 1.97. The van der Waals surface area contributed by atoms with Crippen LogP contribution in [0.25, 0.3) is 10.2 Å². The molecule has 1 heterocycles. The lowest BCUT2D eigenvalue weighted by atomic mass is 10.2. The molecule has 3 aromatic carbocycles. The van der Waals surface area contributed by atoms with Crippen LogP contribution in [-0.2, 0) is 0 Å². The van der Waals surface area contributed by atoms with Crippen molar-refractivity contribution in [3.8, 4) is 0 Å². The summed E-state index contributed by atoms with van der Waals surface area (Å²) in [6.45, 7) is 0. The van der Waals surface area contributed by atoms with Crippen molar-refractivity contribution >= 4 is 38.8 Å². The molecular weight excluding hydrogens is 290 g/mol. The molecule has 0 saturated carbocycles. The van der Waals surface area contributed by atoms with Gasteiger partial charge < -0.3 is 4.90 Å². The molecule has 0 spiro atoms. The largest absolute Gasteiger partial charge is 0.308 e. The first-order valence-electron chi connectivity index (χ1n) is 7.05. The number of para-hydroxylation sites is 2. The Hall–Kier alpha value is -2.72. The van der Waals surface area contributed by atoms with Crippen LogP contribution in [0, 0.1) is 0 Å². The zero-order valence-electron chi connectivity index (χ0n) is 11.8. The molecule has 0 amide bonds. The van der Waals surface area contributed by atoms with Gasteiger partial charge in [-0.2, -0.15) is 0 Å². The summed E-state index contributed by atoms with van der Waals surface area (Å²) in [6, 6.07) is 26.8. The third-order valence-electron chi connectivity index (χ3n) is 3.53. The van der Waals surface area contributed by atoms with E-state index >= 15 is 0 Å². The van der Waals surface area contributed by atoms with Gasteiger partial charge in [0, 0.05) is 11.4 Å². The van der Waals surface area contributed by atoms with Crippen LogP contribution in [0.5, 0.6) is 0 Å². The molecule has 0 atom stereocenters. The molecule has 0 aliphatic rings. The van der Waals surface area contributed by atoms with Gasteiger partial charge in [0.25, 0.3) is 0 Å². The summed E-state index contributed by atoms with van der Waals surface area (Å²) >= 11 is 1.42. The van der Waals surface area contributed by atoms with Gasteiger partial charge >= 0.3 is 0 Å². The first kappa shape index (κ1) is 13.0. The van der Waals surface area contributed by atoms with E-state index < -0.39 is 0 Å². The molecular formula is C18H13N3S. The van der Waals surface area contributed by atoms with Crippen LogP contribution in [0.15, 0.2) is 78.9 Å². The van der Waals surface area contributed by atoms with E-state index in [1.807, 2.05) is 36.4 Å². The van der Waals surface area contributed by atoms with Crippen LogP contribution in [0.4, 0.5) is 17.1 Å². The van der Waals surface area contributed by atoms with Gasteiger partial charge in [-0.3, -0.25) is 0 Å². The average Bonchev–Trinajstić information content (AvgIpc) is 3.07. The summed E-state index contributed by atoms with van der Waals surface area (Å²) < 4.78 is 5.19. The molecule has 3 nitrogen and oxygen atoms in total. The highest BCUT2D eigenvalue weighted by Crippen LogP contribution is 2.38. The second-order valence-corrected chi connectivity index (χ2v) is 5.69. The smallest absolute Gasteiger partial charge is 0.129 e. The summed E-state index contributed by atoms with van der Waals surface area (Å²) in [7, 11) is 0. The molecule has 0 aliphatic heterocycles. The van der Waals surface area contributed by atoms with Crippen LogP contribution in [-0.4, -0.2) is 9.59 Å². The fraction of sp³-hybridized carbons (Fsp3) is 0. The van der Waals surface area contributed by atoms with Crippen LogP contribution in [0.1, 0.15) is 0 Å². The Labute approximate surface area is 132 Å². The minimum Gasteiger partial charge on any atom is -0.308 e. The molecule has 22 heavy (non-hydrogen) atoms. The summed E-state index contributed by atoms with van der Waals surface area (Å²) in [5, 5.41) is 4.32. The van der Waals surface area contributed by atoms with Gasteiger partial charge in [-0.05, 0) is 47.9 Å². The highest BCUT2D eigenvalue weighted by Gasteiger charge is 2.16. The Kier molecular flexibility index (Phi) is 3.29. The topological polar surface area (TPSA) is 29.0 Å². The molecule has 4 rings (SSSR count). The van der Waals surface area contributed by atoms with Crippen LogP contribution in [0.3, 0.4) is 0 Å². The van der Waals surface area contributed by atoms with Gasteiger partial charge in [-0.25, -0.2) is 0 Å². The van der Waals surface area contributed by atoms with Crippen LogP contribution < -0.4 is 4.90 Å². The molecule has 0 unspecified atom stereocenters. The van der Waals surface area contributed by atoms with E-state index in [1.54, 1.807) is 0 Å². The van der Waals surface area contributed by atoms with Crippen molar-refractivity contribution in [2.45, 2.75) is 0 Å². The van der Waals surface area contributed by atoms with Crippen molar-refractivity contribution in [1.29, 1.82) is 0 Å². The van der Waals surface area contributed by atoms with E-state index in [0.717, 1.165) is 27.3 Å². The average molecular weight is 303 g/mol. The van der Waals surface area contributed by atoms with Gasteiger partial charge in [-0.1, -0.05) is 47.0 Å². The summed E-state index contributed by atoms with van der Waals surface area (Å²) in [4.78, 5) is 2.21. The van der Waals surface area contributed by atoms with E-state index in [1.165, 1.54) is 11.5 Å². The molecule has 0 radical (unpaired) electrons. The lowest BCUT2D eigenvalue weighted by molar-refractivity contribution is 1.18. The maximum Gasteiger partial charge on any atom is 0.129 e. The third-order valence-corrected chi connectivity index (χ3v) is 4.22. The minimum absolute atomic E-state index is 0.931. The maximum atomic E-state index is 4.32. The fourth-order valence-electron chi connectivity index (χ4n) is 2.55. The number of nitrogens with zero attached hydrogens (tertiary/aromatic N) is 3. The lowest BCUT2D eigenvalue weighted by Gasteiger charge is -2.25. The van der Waals surface area contributed by atoms with Gasteiger partial charge in [-0.15, -0.1) is 5.10 Å². The van der Waals surface area contributed by atoms with Crippen molar-refractivity contribution in [2.24, 2.45) is 0 Å². The molecule has 1 aromatic heterocycles. The standard InChI is InChI=1S/C18H13N3S/c1-3-8-14(9-4-1)21(15-10-5-2-6-11-15)16-12-7-13-17-18(16)19-20-22-17/h1-13H. The molecule has 0 fully saturated rings. The highest BCUT2D eigenvalue weighted by atomic mass is 32.1. The second kappa shape index (κ2) is 5.58. The SMILES string of the molecule is c1ccc(N(c2ccccc2)c2cccc3snnc23)cc1. The van der Waals surface area contributed by atoms with Crippen molar-refractivity contribution in [2.75, 3.05) is 4.90 Å². The zero-order valence-corrected chi connectivity index (χ0v) is 12.6. The summed E-state index contributed by atoms with van der Waals surface area (Å²) in [5.74, 6) is 0.